The number of rotatable bonds is 5. The molecule has 2 aromatic rings. The highest BCUT2D eigenvalue weighted by Gasteiger charge is 2.52. The summed E-state index contributed by atoms with van der Waals surface area (Å²) in [5.74, 6) is -0.677. The quantitative estimate of drug-likeness (QED) is 0.630. The van der Waals surface area contributed by atoms with Gasteiger partial charge in [0.15, 0.2) is 0 Å². The molecule has 0 unspecified atom stereocenters. The first-order chi connectivity index (χ1) is 14.9. The van der Waals surface area contributed by atoms with Crippen molar-refractivity contribution in [2.24, 2.45) is 0 Å². The number of amides is 3. The van der Waals surface area contributed by atoms with Crippen molar-refractivity contribution >= 4 is 46.5 Å². The Morgan fingerprint density at radius 1 is 1.26 bits per heavy atom. The molecule has 0 radical (unpaired) electrons. The van der Waals surface area contributed by atoms with Gasteiger partial charge in [-0.2, -0.15) is 0 Å². The second-order valence-corrected chi connectivity index (χ2v) is 8.53. The molecule has 2 aliphatic rings. The van der Waals surface area contributed by atoms with Gasteiger partial charge in [-0.25, -0.2) is 4.79 Å². The first kappa shape index (κ1) is 21.9. The van der Waals surface area contributed by atoms with Crippen molar-refractivity contribution in [1.82, 2.24) is 10.2 Å². The minimum absolute atomic E-state index is 0.198. The second-order valence-electron chi connectivity index (χ2n) is 7.72. The Bertz CT molecular complexity index is 1020. The predicted octanol–water partition coefficient (Wildman–Crippen LogP) is 3.79. The van der Waals surface area contributed by atoms with Crippen molar-refractivity contribution in [3.05, 3.63) is 58.1 Å². The Balaban J connectivity index is 1.72. The first-order valence-electron chi connectivity index (χ1n) is 10.3. The van der Waals surface area contributed by atoms with Crippen LogP contribution in [-0.4, -0.2) is 47.6 Å². The van der Waals surface area contributed by atoms with Gasteiger partial charge >= 0.3 is 6.03 Å². The van der Waals surface area contributed by atoms with Gasteiger partial charge in [-0.15, -0.1) is 0 Å². The number of hydrogen-bond donors (Lipinski definition) is 3. The van der Waals surface area contributed by atoms with E-state index < -0.39 is 17.7 Å². The van der Waals surface area contributed by atoms with E-state index in [0.717, 1.165) is 30.8 Å². The lowest BCUT2D eigenvalue weighted by Gasteiger charge is -2.43. The maximum absolute atomic E-state index is 13.5. The van der Waals surface area contributed by atoms with Gasteiger partial charge in [-0.1, -0.05) is 48.3 Å². The van der Waals surface area contributed by atoms with Crippen LogP contribution in [0.4, 0.5) is 16.2 Å². The van der Waals surface area contributed by atoms with Gasteiger partial charge in [0.05, 0.1) is 21.4 Å². The molecule has 0 spiro atoms. The summed E-state index contributed by atoms with van der Waals surface area (Å²) < 4.78 is 0. The number of likely N-dealkylation sites (N-methyl/N-ethyl adjacent to an activating group) is 1. The molecule has 4 rings (SSSR count). The number of anilines is 2. The molecule has 1 saturated heterocycles. The van der Waals surface area contributed by atoms with Gasteiger partial charge in [0.1, 0.15) is 0 Å². The van der Waals surface area contributed by atoms with Crippen molar-refractivity contribution in [3.63, 3.8) is 0 Å². The standard InChI is InChI=1S/C22H24Cl2N4O3/c1-2-27-11-5-6-15(27)13-25-20(29)22(31)16-7-3-4-8-19(16)26-21(30)28(22)14-9-10-17(23)18(24)12-14/h3-4,7-10,12,15,31H,2,5-6,11,13H2,1H3,(H,25,29)(H,26,30)/t15-,22-/m0/s1. The summed E-state index contributed by atoms with van der Waals surface area (Å²) in [5, 5.41) is 17.9. The minimum Gasteiger partial charge on any atom is -0.359 e. The van der Waals surface area contributed by atoms with Crippen LogP contribution in [0.15, 0.2) is 42.5 Å². The maximum atomic E-state index is 13.5. The number of nitrogens with zero attached hydrogens (tertiary/aromatic N) is 2. The van der Waals surface area contributed by atoms with Crippen molar-refractivity contribution < 1.29 is 14.7 Å². The molecule has 0 saturated carbocycles. The van der Waals surface area contributed by atoms with Gasteiger partial charge < -0.3 is 15.7 Å². The van der Waals surface area contributed by atoms with E-state index in [0.29, 0.717) is 17.3 Å². The van der Waals surface area contributed by atoms with E-state index in [9.17, 15) is 14.7 Å². The molecule has 0 aromatic heterocycles. The fourth-order valence-corrected chi connectivity index (χ4v) is 4.66. The monoisotopic (exact) mass is 462 g/mol. The van der Waals surface area contributed by atoms with E-state index in [2.05, 4.69) is 22.5 Å². The minimum atomic E-state index is -2.26. The third-order valence-electron chi connectivity index (χ3n) is 5.95. The average Bonchev–Trinajstić information content (AvgIpc) is 3.22. The van der Waals surface area contributed by atoms with E-state index in [1.165, 1.54) is 18.2 Å². The van der Waals surface area contributed by atoms with Crippen LogP contribution in [0.1, 0.15) is 25.3 Å². The summed E-state index contributed by atoms with van der Waals surface area (Å²) in [4.78, 5) is 29.8. The molecule has 0 aliphatic carbocycles. The molecule has 3 amide bonds. The Labute approximate surface area is 190 Å². The van der Waals surface area contributed by atoms with Crippen LogP contribution in [0, 0.1) is 0 Å². The number of fused-ring (bicyclic) bond motifs is 1. The van der Waals surface area contributed by atoms with Crippen LogP contribution < -0.4 is 15.5 Å². The van der Waals surface area contributed by atoms with Crippen LogP contribution >= 0.6 is 23.2 Å². The lowest BCUT2D eigenvalue weighted by atomic mass is 9.94. The Morgan fingerprint density at radius 2 is 2.03 bits per heavy atom. The van der Waals surface area contributed by atoms with E-state index in [4.69, 9.17) is 23.2 Å². The van der Waals surface area contributed by atoms with Crippen molar-refractivity contribution in [2.45, 2.75) is 31.5 Å². The highest BCUT2D eigenvalue weighted by molar-refractivity contribution is 6.42. The third-order valence-corrected chi connectivity index (χ3v) is 6.69. The number of urea groups is 1. The normalized spacial score (nSPS) is 23.4. The fraction of sp³-hybridized carbons (Fsp3) is 0.364. The van der Waals surface area contributed by atoms with Crippen LogP contribution in [0.2, 0.25) is 10.0 Å². The van der Waals surface area contributed by atoms with E-state index in [1.54, 1.807) is 24.3 Å². The molecule has 3 N–H and O–H groups in total. The molecule has 9 heteroatoms. The number of carbonyl (C=O) groups is 2. The molecule has 31 heavy (non-hydrogen) atoms. The number of aliphatic hydroxyl groups is 1. The number of nitrogens with one attached hydrogen (secondary N) is 2. The van der Waals surface area contributed by atoms with Crippen LogP contribution in [0.3, 0.4) is 0 Å². The largest absolute Gasteiger partial charge is 0.359 e. The molecule has 1 fully saturated rings. The lowest BCUT2D eigenvalue weighted by Crippen LogP contribution is -2.63. The van der Waals surface area contributed by atoms with Gasteiger partial charge in [-0.05, 0) is 50.2 Å². The average molecular weight is 463 g/mol. The molecule has 2 aromatic carbocycles. The highest BCUT2D eigenvalue weighted by Crippen LogP contribution is 2.41. The van der Waals surface area contributed by atoms with Crippen LogP contribution in [0.25, 0.3) is 0 Å². The topological polar surface area (TPSA) is 84.9 Å². The highest BCUT2D eigenvalue weighted by atomic mass is 35.5. The molecule has 2 aliphatic heterocycles. The third kappa shape index (κ3) is 3.87. The number of halogens is 2. The Morgan fingerprint density at radius 3 is 2.77 bits per heavy atom. The Hall–Kier alpha value is -2.32. The summed E-state index contributed by atoms with van der Waals surface area (Å²) in [6.07, 6.45) is 2.04. The zero-order chi connectivity index (χ0) is 22.2. The molecule has 2 heterocycles. The number of likely N-dealkylation sites (tertiary alicyclic amines) is 1. The van der Waals surface area contributed by atoms with Gasteiger partial charge in [0.2, 0.25) is 0 Å². The molecule has 7 nitrogen and oxygen atoms in total. The van der Waals surface area contributed by atoms with Gasteiger partial charge in [-0.3, -0.25) is 14.6 Å². The molecular weight excluding hydrogens is 439 g/mol. The van der Waals surface area contributed by atoms with Crippen LogP contribution in [0.5, 0.6) is 0 Å². The number of para-hydroxylation sites is 1. The summed E-state index contributed by atoms with van der Waals surface area (Å²) in [7, 11) is 0. The first-order valence-corrected chi connectivity index (χ1v) is 11.0. The summed E-state index contributed by atoms with van der Waals surface area (Å²) in [5.41, 5.74) is -1.37. The van der Waals surface area contributed by atoms with Crippen LogP contribution in [-0.2, 0) is 10.5 Å². The van der Waals surface area contributed by atoms with Gasteiger partial charge in [0.25, 0.3) is 11.6 Å². The maximum Gasteiger partial charge on any atom is 0.329 e. The zero-order valence-electron chi connectivity index (χ0n) is 17.1. The number of carbonyl (C=O) groups excluding carboxylic acids is 2. The summed E-state index contributed by atoms with van der Waals surface area (Å²) in [6.45, 7) is 4.35. The molecular formula is C22H24Cl2N4O3. The van der Waals surface area contributed by atoms with Crippen molar-refractivity contribution in [2.75, 3.05) is 29.9 Å². The fourth-order valence-electron chi connectivity index (χ4n) is 4.36. The zero-order valence-corrected chi connectivity index (χ0v) is 18.6. The number of benzene rings is 2. The molecule has 0 bridgehead atoms. The lowest BCUT2D eigenvalue weighted by molar-refractivity contribution is -0.140. The summed E-state index contributed by atoms with van der Waals surface area (Å²) in [6, 6.07) is 10.8. The molecule has 2 atom stereocenters. The second kappa shape index (κ2) is 8.67. The van der Waals surface area contributed by atoms with E-state index >= 15 is 0 Å². The molecule has 164 valence electrons. The van der Waals surface area contributed by atoms with Crippen molar-refractivity contribution in [3.8, 4) is 0 Å². The summed E-state index contributed by atoms with van der Waals surface area (Å²) >= 11 is 12.2. The van der Waals surface area contributed by atoms with E-state index in [-0.39, 0.29) is 22.3 Å². The smallest absolute Gasteiger partial charge is 0.329 e. The van der Waals surface area contributed by atoms with Crippen molar-refractivity contribution in [1.29, 1.82) is 0 Å². The van der Waals surface area contributed by atoms with E-state index in [1.807, 2.05) is 0 Å². The predicted molar refractivity (Wildman–Crippen MR) is 122 cm³/mol. The SMILES string of the molecule is CCN1CCC[C@H]1CNC(=O)[C@@]1(O)c2ccccc2NC(=O)N1c1ccc(Cl)c(Cl)c1. The number of hydrogen-bond acceptors (Lipinski definition) is 4. The Kier molecular flexibility index (Phi) is 6.12. The van der Waals surface area contributed by atoms with Gasteiger partial charge in [0, 0.05) is 18.2 Å².